The number of nitrogens with zero attached hydrogens (tertiary/aromatic N) is 2. The Balaban J connectivity index is 2.40. The largest absolute Gasteiger partial charge is 0.502 e. The highest BCUT2D eigenvalue weighted by molar-refractivity contribution is 7.92. The van der Waals surface area contributed by atoms with Crippen LogP contribution < -0.4 is 4.72 Å². The van der Waals surface area contributed by atoms with E-state index in [1.807, 2.05) is 0 Å². The minimum absolute atomic E-state index is 0.241. The van der Waals surface area contributed by atoms with E-state index in [9.17, 15) is 23.6 Å². The average molecular weight is 309 g/mol. The molecule has 1 aromatic heterocycles. The zero-order valence-electron chi connectivity index (χ0n) is 10.8. The van der Waals surface area contributed by atoms with E-state index in [4.69, 9.17) is 0 Å². The molecule has 21 heavy (non-hydrogen) atoms. The number of nitrogens with one attached hydrogen (secondary N) is 1. The van der Waals surface area contributed by atoms with Crippen molar-refractivity contribution in [3.8, 4) is 5.75 Å². The minimum Gasteiger partial charge on any atom is -0.502 e. The molecule has 1 aromatic carbocycles. The first-order chi connectivity index (χ1) is 9.79. The van der Waals surface area contributed by atoms with E-state index in [0.717, 1.165) is 23.8 Å². The Morgan fingerprint density at radius 1 is 1.29 bits per heavy atom. The fourth-order valence-electron chi connectivity index (χ4n) is 1.64. The summed E-state index contributed by atoms with van der Waals surface area (Å²) in [5, 5.41) is 20.1. The summed E-state index contributed by atoms with van der Waals surface area (Å²) in [6, 6.07) is 4.40. The molecule has 0 aliphatic carbocycles. The van der Waals surface area contributed by atoms with Crippen LogP contribution in [0.3, 0.4) is 0 Å². The van der Waals surface area contributed by atoms with Crippen LogP contribution >= 0.6 is 0 Å². The summed E-state index contributed by atoms with van der Waals surface area (Å²) in [6.07, 6.45) is 2.88. The Kier molecular flexibility index (Phi) is 3.76. The third-order valence-electron chi connectivity index (χ3n) is 2.58. The van der Waals surface area contributed by atoms with Gasteiger partial charge in [0, 0.05) is 12.3 Å². The van der Waals surface area contributed by atoms with Gasteiger partial charge in [-0.25, -0.2) is 8.42 Å². The Morgan fingerprint density at radius 2 is 2.00 bits per heavy atom. The van der Waals surface area contributed by atoms with Gasteiger partial charge in [0.1, 0.15) is 0 Å². The molecule has 0 radical (unpaired) electrons. The number of pyridine rings is 1. The van der Waals surface area contributed by atoms with Crippen molar-refractivity contribution in [3.05, 3.63) is 52.3 Å². The second-order valence-corrected chi connectivity index (χ2v) is 5.95. The second-order valence-electron chi connectivity index (χ2n) is 4.26. The number of phenolic OH excluding ortho intramolecular Hbond substituents is 1. The van der Waals surface area contributed by atoms with Crippen molar-refractivity contribution in [2.45, 2.75) is 11.8 Å². The van der Waals surface area contributed by atoms with Crippen molar-refractivity contribution >= 4 is 21.4 Å². The Labute approximate surface area is 120 Å². The van der Waals surface area contributed by atoms with E-state index in [-0.39, 0.29) is 10.6 Å². The maximum Gasteiger partial charge on any atom is 0.312 e. The molecule has 1 heterocycles. The Hall–Kier alpha value is -2.68. The van der Waals surface area contributed by atoms with E-state index in [1.165, 1.54) is 6.20 Å². The van der Waals surface area contributed by atoms with Crippen molar-refractivity contribution in [1.82, 2.24) is 4.98 Å². The molecule has 0 saturated heterocycles. The smallest absolute Gasteiger partial charge is 0.312 e. The predicted octanol–water partition coefficient (Wildman–Crippen LogP) is 1.80. The van der Waals surface area contributed by atoms with Crippen LogP contribution in [0.2, 0.25) is 0 Å². The summed E-state index contributed by atoms with van der Waals surface area (Å²) < 4.78 is 26.6. The number of aryl methyl sites for hydroxylation is 1. The van der Waals surface area contributed by atoms with E-state index in [0.29, 0.717) is 0 Å². The van der Waals surface area contributed by atoms with Crippen LogP contribution in [0.1, 0.15) is 5.56 Å². The minimum atomic E-state index is -4.01. The van der Waals surface area contributed by atoms with Crippen LogP contribution in [0.4, 0.5) is 11.4 Å². The number of phenols is 1. The number of hydrogen-bond acceptors (Lipinski definition) is 6. The maximum absolute atomic E-state index is 12.2. The fraction of sp³-hybridized carbons (Fsp3) is 0.0833. The van der Waals surface area contributed by atoms with Gasteiger partial charge in [0.15, 0.2) is 5.75 Å². The summed E-state index contributed by atoms with van der Waals surface area (Å²) in [7, 11) is -4.01. The normalized spacial score (nSPS) is 11.1. The first kappa shape index (κ1) is 14.7. The third kappa shape index (κ3) is 3.26. The number of benzene rings is 1. The molecule has 9 heteroatoms. The molecule has 0 spiro atoms. The molecule has 2 N–H and O–H groups in total. The summed E-state index contributed by atoms with van der Waals surface area (Å²) >= 11 is 0. The average Bonchev–Trinajstić information content (AvgIpc) is 2.38. The molecule has 0 amide bonds. The van der Waals surface area contributed by atoms with Crippen molar-refractivity contribution in [1.29, 1.82) is 0 Å². The molecule has 0 aliphatic rings. The lowest BCUT2D eigenvalue weighted by Gasteiger charge is -2.08. The van der Waals surface area contributed by atoms with E-state index in [2.05, 4.69) is 9.71 Å². The van der Waals surface area contributed by atoms with Gasteiger partial charge in [-0.05, 0) is 30.7 Å². The lowest BCUT2D eigenvalue weighted by Crippen LogP contribution is -2.13. The van der Waals surface area contributed by atoms with Gasteiger partial charge in [0.05, 0.1) is 21.7 Å². The van der Waals surface area contributed by atoms with Gasteiger partial charge in [-0.3, -0.25) is 19.8 Å². The van der Waals surface area contributed by atoms with Gasteiger partial charge in [0.2, 0.25) is 0 Å². The first-order valence-corrected chi connectivity index (χ1v) is 7.20. The van der Waals surface area contributed by atoms with Crippen LogP contribution in [-0.4, -0.2) is 23.4 Å². The van der Waals surface area contributed by atoms with E-state index >= 15 is 0 Å². The predicted molar refractivity (Wildman–Crippen MR) is 74.5 cm³/mol. The van der Waals surface area contributed by atoms with Gasteiger partial charge in [-0.2, -0.15) is 0 Å². The molecule has 0 bridgehead atoms. The zero-order valence-corrected chi connectivity index (χ0v) is 11.7. The van der Waals surface area contributed by atoms with Crippen LogP contribution in [0.5, 0.6) is 5.75 Å². The molecule has 0 fully saturated rings. The van der Waals surface area contributed by atoms with Crippen molar-refractivity contribution < 1.29 is 18.4 Å². The molecule has 8 nitrogen and oxygen atoms in total. The molecule has 0 atom stereocenters. The number of aromatic nitrogens is 1. The van der Waals surface area contributed by atoms with Gasteiger partial charge in [-0.1, -0.05) is 0 Å². The molecular formula is C12H11N3O5S. The number of nitro groups is 1. The van der Waals surface area contributed by atoms with Gasteiger partial charge in [-0.15, -0.1) is 0 Å². The molecule has 2 aromatic rings. The second kappa shape index (κ2) is 5.37. The van der Waals surface area contributed by atoms with Gasteiger partial charge in [0.25, 0.3) is 10.0 Å². The van der Waals surface area contributed by atoms with Crippen molar-refractivity contribution in [2.75, 3.05) is 4.72 Å². The first-order valence-electron chi connectivity index (χ1n) is 5.71. The fourth-order valence-corrected chi connectivity index (χ4v) is 2.70. The quantitative estimate of drug-likeness (QED) is 0.656. The number of sulfonamides is 1. The number of rotatable bonds is 4. The van der Waals surface area contributed by atoms with Gasteiger partial charge < -0.3 is 5.11 Å². The number of hydrogen-bond donors (Lipinski definition) is 2. The molecule has 2 rings (SSSR count). The lowest BCUT2D eigenvalue weighted by molar-refractivity contribution is -0.386. The SMILES string of the molecule is Cc1cncc(NS(=O)(=O)c2ccc(O)c([N+](=O)[O-])c2)c1. The zero-order chi connectivity index (χ0) is 15.6. The molecule has 0 saturated carbocycles. The number of anilines is 1. The number of aromatic hydroxyl groups is 1. The summed E-state index contributed by atoms with van der Waals surface area (Å²) in [6.45, 7) is 1.75. The van der Waals surface area contributed by atoms with Crippen molar-refractivity contribution in [3.63, 3.8) is 0 Å². The molecule has 0 aliphatic heterocycles. The molecule has 0 unspecified atom stereocenters. The molecular weight excluding hydrogens is 298 g/mol. The Morgan fingerprint density at radius 3 is 2.62 bits per heavy atom. The standard InChI is InChI=1S/C12H11N3O5S/c1-8-4-9(7-13-6-8)14-21(19,20)10-2-3-12(16)11(5-10)15(17)18/h2-7,14,16H,1H3. The van der Waals surface area contributed by atoms with Crippen LogP contribution in [-0.2, 0) is 10.0 Å². The van der Waals surface area contributed by atoms with Crippen molar-refractivity contribution in [2.24, 2.45) is 0 Å². The molecule has 110 valence electrons. The lowest BCUT2D eigenvalue weighted by atomic mass is 10.3. The van der Waals surface area contributed by atoms with Crippen LogP contribution in [0, 0.1) is 17.0 Å². The van der Waals surface area contributed by atoms with E-state index in [1.54, 1.807) is 19.2 Å². The Bertz CT molecular complexity index is 804. The van der Waals surface area contributed by atoms with Crippen LogP contribution in [0.15, 0.2) is 41.6 Å². The highest BCUT2D eigenvalue weighted by Crippen LogP contribution is 2.29. The van der Waals surface area contributed by atoms with Gasteiger partial charge >= 0.3 is 5.69 Å². The highest BCUT2D eigenvalue weighted by Gasteiger charge is 2.21. The summed E-state index contributed by atoms with van der Waals surface area (Å²) in [4.78, 5) is 13.4. The highest BCUT2D eigenvalue weighted by atomic mass is 32.2. The number of nitro benzene ring substituents is 1. The summed E-state index contributed by atoms with van der Waals surface area (Å²) in [5.41, 5.74) is 0.317. The van der Waals surface area contributed by atoms with E-state index < -0.39 is 26.4 Å². The maximum atomic E-state index is 12.2. The topological polar surface area (TPSA) is 122 Å². The third-order valence-corrected chi connectivity index (χ3v) is 3.96. The summed E-state index contributed by atoms with van der Waals surface area (Å²) in [5.74, 6) is -0.601. The monoisotopic (exact) mass is 309 g/mol. The van der Waals surface area contributed by atoms with Crippen LogP contribution in [0.25, 0.3) is 0 Å².